The van der Waals surface area contributed by atoms with Crippen LogP contribution in [0.15, 0.2) is 33.5 Å². The van der Waals surface area contributed by atoms with Crippen LogP contribution in [0.2, 0.25) is 0 Å². The van der Waals surface area contributed by atoms with Crippen molar-refractivity contribution in [1.29, 1.82) is 0 Å². The van der Waals surface area contributed by atoms with Crippen LogP contribution < -0.4 is 21.7 Å². The monoisotopic (exact) mass is 425 g/mol. The van der Waals surface area contributed by atoms with Gasteiger partial charge in [0, 0.05) is 49.9 Å². The fourth-order valence-corrected chi connectivity index (χ4v) is 3.91. The fraction of sp³-hybridized carbons (Fsp3) is 0.571. The SMILES string of the molecule is CC(C)c1cc(CN=C2NC(N3CCNCC3)=CC(N)(c3cc(C4CC4)[nH]n3)N2)on1. The van der Waals surface area contributed by atoms with Gasteiger partial charge in [-0.25, -0.2) is 4.99 Å². The Morgan fingerprint density at radius 2 is 2.10 bits per heavy atom. The van der Waals surface area contributed by atoms with E-state index in [4.69, 9.17) is 15.2 Å². The van der Waals surface area contributed by atoms with E-state index >= 15 is 0 Å². The van der Waals surface area contributed by atoms with Gasteiger partial charge in [0.1, 0.15) is 18.1 Å². The molecule has 0 bridgehead atoms. The summed E-state index contributed by atoms with van der Waals surface area (Å²) in [4.78, 5) is 6.99. The minimum atomic E-state index is -0.960. The minimum absolute atomic E-state index is 0.315. The van der Waals surface area contributed by atoms with Crippen LogP contribution in [0.3, 0.4) is 0 Å². The highest BCUT2D eigenvalue weighted by Crippen LogP contribution is 2.39. The molecule has 166 valence electrons. The smallest absolute Gasteiger partial charge is 0.199 e. The second-order valence-corrected chi connectivity index (χ2v) is 8.91. The molecule has 2 aliphatic heterocycles. The van der Waals surface area contributed by atoms with Gasteiger partial charge in [-0.3, -0.25) is 5.10 Å². The summed E-state index contributed by atoms with van der Waals surface area (Å²) >= 11 is 0. The lowest BCUT2D eigenvalue weighted by Crippen LogP contribution is -2.61. The molecule has 2 aromatic heterocycles. The second-order valence-electron chi connectivity index (χ2n) is 8.91. The first-order chi connectivity index (χ1) is 15.0. The van der Waals surface area contributed by atoms with E-state index in [-0.39, 0.29) is 0 Å². The lowest BCUT2D eigenvalue weighted by Gasteiger charge is -2.39. The van der Waals surface area contributed by atoms with Crippen molar-refractivity contribution >= 4 is 5.96 Å². The van der Waals surface area contributed by atoms with Crippen molar-refractivity contribution in [3.63, 3.8) is 0 Å². The first-order valence-corrected chi connectivity index (χ1v) is 11.1. The maximum absolute atomic E-state index is 6.85. The number of guanidine groups is 1. The zero-order valence-corrected chi connectivity index (χ0v) is 18.1. The molecular formula is C21H31N9O. The molecule has 3 aliphatic rings. The number of nitrogens with one attached hydrogen (secondary N) is 4. The number of nitrogens with two attached hydrogens (primary N) is 1. The van der Waals surface area contributed by atoms with Crippen LogP contribution in [0.25, 0.3) is 0 Å². The fourth-order valence-electron chi connectivity index (χ4n) is 3.91. The third-order valence-corrected chi connectivity index (χ3v) is 5.99. The molecule has 1 unspecified atom stereocenters. The largest absolute Gasteiger partial charge is 0.359 e. The summed E-state index contributed by atoms with van der Waals surface area (Å²) in [5.74, 6) is 3.15. The summed E-state index contributed by atoms with van der Waals surface area (Å²) in [6, 6.07) is 4.03. The maximum atomic E-state index is 6.85. The number of aromatic nitrogens is 3. The van der Waals surface area contributed by atoms with E-state index in [1.54, 1.807) is 0 Å². The molecule has 10 nitrogen and oxygen atoms in total. The van der Waals surface area contributed by atoms with Crippen LogP contribution in [-0.4, -0.2) is 52.4 Å². The average molecular weight is 426 g/mol. The van der Waals surface area contributed by atoms with Gasteiger partial charge in [0.05, 0.1) is 5.69 Å². The number of nitrogens with zero attached hydrogens (tertiary/aromatic N) is 4. The topological polar surface area (TPSA) is 132 Å². The second kappa shape index (κ2) is 8.01. The van der Waals surface area contributed by atoms with Crippen molar-refractivity contribution in [3.8, 4) is 0 Å². The molecule has 31 heavy (non-hydrogen) atoms. The highest BCUT2D eigenvalue weighted by atomic mass is 16.5. The highest BCUT2D eigenvalue weighted by molar-refractivity contribution is 5.84. The van der Waals surface area contributed by atoms with Crippen molar-refractivity contribution < 1.29 is 4.52 Å². The molecule has 0 amide bonds. The van der Waals surface area contributed by atoms with Crippen molar-refractivity contribution in [3.05, 3.63) is 46.9 Å². The van der Waals surface area contributed by atoms with Gasteiger partial charge in [0.25, 0.3) is 0 Å². The predicted octanol–water partition coefficient (Wildman–Crippen LogP) is 1.01. The molecule has 0 radical (unpaired) electrons. The molecule has 2 fully saturated rings. The lowest BCUT2D eigenvalue weighted by atomic mass is 10.0. The van der Waals surface area contributed by atoms with Crippen LogP contribution in [-0.2, 0) is 12.2 Å². The van der Waals surface area contributed by atoms with Crippen LogP contribution >= 0.6 is 0 Å². The standard InChI is InChI=1S/C21H31N9O/c1-13(2)16-9-15(31-29-16)12-24-20-25-19(30-7-5-23-6-8-30)11-21(22,26-20)18-10-17(27-28-18)14-3-4-14/h9-11,13-14,23H,3-8,12,22H2,1-2H3,(H,27,28)(H2,24,25,26). The molecule has 1 saturated carbocycles. The number of hydrogen-bond acceptors (Lipinski definition) is 7. The third kappa shape index (κ3) is 4.31. The zero-order valence-electron chi connectivity index (χ0n) is 18.1. The number of aliphatic imine (C=N–C) groups is 1. The zero-order chi connectivity index (χ0) is 21.4. The molecule has 6 N–H and O–H groups in total. The number of H-pyrrole nitrogens is 1. The Bertz CT molecular complexity index is 981. The Hall–Kier alpha value is -2.85. The molecule has 2 aromatic rings. The Labute approximate surface area is 181 Å². The van der Waals surface area contributed by atoms with E-state index in [9.17, 15) is 0 Å². The Kier molecular flexibility index (Phi) is 5.19. The minimum Gasteiger partial charge on any atom is -0.359 e. The average Bonchev–Trinajstić information content (AvgIpc) is 3.29. The van der Waals surface area contributed by atoms with E-state index in [1.165, 1.54) is 12.8 Å². The van der Waals surface area contributed by atoms with Gasteiger partial charge in [-0.1, -0.05) is 19.0 Å². The van der Waals surface area contributed by atoms with Gasteiger partial charge in [-0.2, -0.15) is 5.10 Å². The Balaban J connectivity index is 1.41. The molecule has 1 aliphatic carbocycles. The molecular weight excluding hydrogens is 394 g/mol. The molecule has 1 atom stereocenters. The van der Waals surface area contributed by atoms with Crippen molar-refractivity contribution in [2.75, 3.05) is 26.2 Å². The molecule has 1 saturated heterocycles. The van der Waals surface area contributed by atoms with Crippen LogP contribution in [0.4, 0.5) is 0 Å². The van der Waals surface area contributed by atoms with Crippen LogP contribution in [0, 0.1) is 0 Å². The highest BCUT2D eigenvalue weighted by Gasteiger charge is 2.36. The first-order valence-electron chi connectivity index (χ1n) is 11.1. The van der Waals surface area contributed by atoms with E-state index in [2.05, 4.69) is 56.1 Å². The summed E-state index contributed by atoms with van der Waals surface area (Å²) in [6.45, 7) is 8.21. The summed E-state index contributed by atoms with van der Waals surface area (Å²) in [6.07, 6.45) is 4.42. The van der Waals surface area contributed by atoms with Crippen molar-refractivity contribution in [2.24, 2.45) is 10.7 Å². The normalized spacial score (nSPS) is 25.5. The van der Waals surface area contributed by atoms with E-state index in [1.807, 2.05) is 12.1 Å². The van der Waals surface area contributed by atoms with Crippen LogP contribution in [0.5, 0.6) is 0 Å². The van der Waals surface area contributed by atoms with Gasteiger partial charge in [-0.15, -0.1) is 0 Å². The summed E-state index contributed by atoms with van der Waals surface area (Å²) < 4.78 is 5.44. The molecule has 4 heterocycles. The lowest BCUT2D eigenvalue weighted by molar-refractivity contribution is 0.277. The Morgan fingerprint density at radius 3 is 2.81 bits per heavy atom. The van der Waals surface area contributed by atoms with Gasteiger partial charge < -0.3 is 31.1 Å². The number of piperazine rings is 1. The van der Waals surface area contributed by atoms with Gasteiger partial charge in [0.2, 0.25) is 0 Å². The quantitative estimate of drug-likeness (QED) is 0.463. The number of rotatable bonds is 6. The number of aromatic amines is 1. The van der Waals surface area contributed by atoms with E-state index in [0.717, 1.165) is 54.8 Å². The summed E-state index contributed by atoms with van der Waals surface area (Å²) in [7, 11) is 0. The molecule has 5 rings (SSSR count). The summed E-state index contributed by atoms with van der Waals surface area (Å²) in [5.41, 5.74) is 8.73. The van der Waals surface area contributed by atoms with Crippen LogP contribution in [0.1, 0.15) is 61.4 Å². The summed E-state index contributed by atoms with van der Waals surface area (Å²) in [5, 5.41) is 21.9. The molecule has 0 spiro atoms. The van der Waals surface area contributed by atoms with Crippen molar-refractivity contribution in [1.82, 2.24) is 36.2 Å². The van der Waals surface area contributed by atoms with Gasteiger partial charge in [0.15, 0.2) is 17.4 Å². The predicted molar refractivity (Wildman–Crippen MR) is 117 cm³/mol. The van der Waals surface area contributed by atoms with E-state index in [0.29, 0.717) is 24.3 Å². The van der Waals surface area contributed by atoms with Gasteiger partial charge in [-0.05, 0) is 24.8 Å². The Morgan fingerprint density at radius 1 is 1.29 bits per heavy atom. The maximum Gasteiger partial charge on any atom is 0.199 e. The van der Waals surface area contributed by atoms with Crippen molar-refractivity contribution in [2.45, 2.75) is 50.7 Å². The van der Waals surface area contributed by atoms with E-state index < -0.39 is 5.66 Å². The van der Waals surface area contributed by atoms with Gasteiger partial charge >= 0.3 is 0 Å². The first kappa shape index (κ1) is 20.1. The number of hydrogen-bond donors (Lipinski definition) is 5. The molecule has 0 aromatic carbocycles. The molecule has 10 heteroatoms. The third-order valence-electron chi connectivity index (χ3n) is 5.99.